The highest BCUT2D eigenvalue weighted by atomic mass is 16.5. The van der Waals surface area contributed by atoms with Crippen LogP contribution in [0.1, 0.15) is 26.7 Å². The van der Waals surface area contributed by atoms with Gasteiger partial charge in [0, 0.05) is 13.2 Å². The standard InChI is InChI=1S/C11H21NO4/c1-11(2,14)9(12)10(13)16-7-8-3-5-15-6-4-8/h8-9,14H,3-7,12H2,1-2H3/t9-/m1/s1. The van der Waals surface area contributed by atoms with Gasteiger partial charge in [-0.15, -0.1) is 0 Å². The van der Waals surface area contributed by atoms with E-state index in [4.69, 9.17) is 15.2 Å². The summed E-state index contributed by atoms with van der Waals surface area (Å²) in [5.74, 6) is -0.189. The van der Waals surface area contributed by atoms with Crippen LogP contribution in [0, 0.1) is 5.92 Å². The van der Waals surface area contributed by atoms with Gasteiger partial charge < -0.3 is 20.3 Å². The quantitative estimate of drug-likeness (QED) is 0.668. The molecule has 0 aromatic heterocycles. The molecule has 0 aliphatic carbocycles. The van der Waals surface area contributed by atoms with Gasteiger partial charge in [0.2, 0.25) is 0 Å². The maximum atomic E-state index is 11.5. The van der Waals surface area contributed by atoms with E-state index in [2.05, 4.69) is 0 Å². The van der Waals surface area contributed by atoms with Gasteiger partial charge in [-0.25, -0.2) is 0 Å². The van der Waals surface area contributed by atoms with Crippen molar-refractivity contribution in [2.45, 2.75) is 38.3 Å². The molecular weight excluding hydrogens is 210 g/mol. The predicted molar refractivity (Wildman–Crippen MR) is 58.8 cm³/mol. The lowest BCUT2D eigenvalue weighted by Crippen LogP contribution is -2.50. The average Bonchev–Trinajstić information content (AvgIpc) is 2.25. The SMILES string of the molecule is CC(C)(O)[C@H](N)C(=O)OCC1CCOCC1. The molecule has 0 amide bonds. The van der Waals surface area contributed by atoms with Crippen LogP contribution >= 0.6 is 0 Å². The Kier molecular flexibility index (Phi) is 4.70. The number of carbonyl (C=O) groups is 1. The highest BCUT2D eigenvalue weighted by Crippen LogP contribution is 2.15. The van der Waals surface area contributed by atoms with Gasteiger partial charge in [-0.05, 0) is 32.6 Å². The summed E-state index contributed by atoms with van der Waals surface area (Å²) in [5, 5.41) is 9.55. The lowest BCUT2D eigenvalue weighted by molar-refractivity contribution is -0.153. The predicted octanol–water partition coefficient (Wildman–Crippen LogP) is 0.0544. The zero-order chi connectivity index (χ0) is 12.2. The van der Waals surface area contributed by atoms with Crippen molar-refractivity contribution >= 4 is 5.97 Å². The highest BCUT2D eigenvalue weighted by Gasteiger charge is 2.31. The third-order valence-corrected chi connectivity index (χ3v) is 2.82. The molecule has 16 heavy (non-hydrogen) atoms. The molecule has 1 atom stereocenters. The summed E-state index contributed by atoms with van der Waals surface area (Å²) in [6.45, 7) is 4.80. The average molecular weight is 231 g/mol. The van der Waals surface area contributed by atoms with E-state index in [1.807, 2.05) is 0 Å². The number of nitrogens with two attached hydrogens (primary N) is 1. The molecule has 0 unspecified atom stereocenters. The molecule has 1 fully saturated rings. The van der Waals surface area contributed by atoms with E-state index < -0.39 is 17.6 Å². The molecule has 0 aromatic carbocycles. The Bertz CT molecular complexity index is 231. The van der Waals surface area contributed by atoms with E-state index in [9.17, 15) is 9.90 Å². The minimum atomic E-state index is -1.24. The molecule has 1 rings (SSSR count). The fourth-order valence-electron chi connectivity index (χ4n) is 1.49. The molecule has 1 heterocycles. The zero-order valence-electron chi connectivity index (χ0n) is 9.94. The Morgan fingerprint density at radius 3 is 2.62 bits per heavy atom. The van der Waals surface area contributed by atoms with E-state index >= 15 is 0 Å². The molecule has 1 aliphatic rings. The Morgan fingerprint density at radius 1 is 1.56 bits per heavy atom. The first-order valence-corrected chi connectivity index (χ1v) is 5.63. The van der Waals surface area contributed by atoms with Crippen LogP contribution in [-0.2, 0) is 14.3 Å². The van der Waals surface area contributed by atoms with Crippen molar-refractivity contribution < 1.29 is 19.4 Å². The Morgan fingerprint density at radius 2 is 2.12 bits per heavy atom. The summed E-state index contributed by atoms with van der Waals surface area (Å²) in [6.07, 6.45) is 1.82. The van der Waals surface area contributed by atoms with Gasteiger partial charge in [0.15, 0.2) is 0 Å². The first kappa shape index (κ1) is 13.4. The van der Waals surface area contributed by atoms with Crippen LogP contribution in [0.25, 0.3) is 0 Å². The summed E-state index contributed by atoms with van der Waals surface area (Å²) in [4.78, 5) is 11.5. The monoisotopic (exact) mass is 231 g/mol. The highest BCUT2D eigenvalue weighted by molar-refractivity contribution is 5.76. The van der Waals surface area contributed by atoms with Crippen molar-refractivity contribution in [3.63, 3.8) is 0 Å². The molecular formula is C11H21NO4. The van der Waals surface area contributed by atoms with Crippen molar-refractivity contribution in [1.82, 2.24) is 0 Å². The molecule has 3 N–H and O–H groups in total. The molecule has 1 saturated heterocycles. The van der Waals surface area contributed by atoms with Crippen molar-refractivity contribution in [1.29, 1.82) is 0 Å². The summed E-state index contributed by atoms with van der Waals surface area (Å²) in [6, 6.07) is -0.993. The van der Waals surface area contributed by atoms with Gasteiger partial charge in [-0.3, -0.25) is 4.79 Å². The van der Waals surface area contributed by atoms with Crippen LogP contribution in [0.5, 0.6) is 0 Å². The molecule has 5 nitrogen and oxygen atoms in total. The second kappa shape index (κ2) is 5.61. The van der Waals surface area contributed by atoms with Crippen molar-refractivity contribution in [3.05, 3.63) is 0 Å². The molecule has 0 radical (unpaired) electrons. The first-order valence-electron chi connectivity index (χ1n) is 5.63. The Hall–Kier alpha value is -0.650. The number of rotatable bonds is 4. The zero-order valence-corrected chi connectivity index (χ0v) is 9.94. The van der Waals surface area contributed by atoms with E-state index in [1.165, 1.54) is 13.8 Å². The van der Waals surface area contributed by atoms with E-state index in [0.717, 1.165) is 26.1 Å². The number of aliphatic hydroxyl groups is 1. The normalized spacial score (nSPS) is 20.5. The third-order valence-electron chi connectivity index (χ3n) is 2.82. The van der Waals surface area contributed by atoms with Gasteiger partial charge in [-0.1, -0.05) is 0 Å². The maximum Gasteiger partial charge on any atom is 0.325 e. The molecule has 94 valence electrons. The molecule has 1 aliphatic heterocycles. The van der Waals surface area contributed by atoms with Crippen LogP contribution in [0.3, 0.4) is 0 Å². The first-order chi connectivity index (χ1) is 7.41. The topological polar surface area (TPSA) is 81.8 Å². The molecule has 5 heteroatoms. The number of esters is 1. The molecule has 0 bridgehead atoms. The summed E-state index contributed by atoms with van der Waals surface area (Å²) in [7, 11) is 0. The minimum Gasteiger partial charge on any atom is -0.464 e. The largest absolute Gasteiger partial charge is 0.464 e. The van der Waals surface area contributed by atoms with Gasteiger partial charge >= 0.3 is 5.97 Å². The summed E-state index contributed by atoms with van der Waals surface area (Å²) >= 11 is 0. The van der Waals surface area contributed by atoms with Crippen molar-refractivity contribution in [2.75, 3.05) is 19.8 Å². The van der Waals surface area contributed by atoms with E-state index in [1.54, 1.807) is 0 Å². The molecule has 0 aromatic rings. The van der Waals surface area contributed by atoms with Gasteiger partial charge in [-0.2, -0.15) is 0 Å². The summed E-state index contributed by atoms with van der Waals surface area (Å²) in [5.41, 5.74) is 4.32. The van der Waals surface area contributed by atoms with Crippen molar-refractivity contribution in [2.24, 2.45) is 11.7 Å². The fraction of sp³-hybridized carbons (Fsp3) is 0.909. The van der Waals surface area contributed by atoms with Crippen LogP contribution in [0.15, 0.2) is 0 Å². The van der Waals surface area contributed by atoms with Crippen molar-refractivity contribution in [3.8, 4) is 0 Å². The molecule has 0 saturated carbocycles. The Labute approximate surface area is 95.9 Å². The number of ether oxygens (including phenoxy) is 2. The van der Waals surface area contributed by atoms with Gasteiger partial charge in [0.1, 0.15) is 6.04 Å². The van der Waals surface area contributed by atoms with Crippen LogP contribution in [-0.4, -0.2) is 42.5 Å². The number of hydrogen-bond donors (Lipinski definition) is 2. The van der Waals surface area contributed by atoms with Crippen LogP contribution < -0.4 is 5.73 Å². The Balaban J connectivity index is 2.29. The second-order valence-corrected chi connectivity index (χ2v) is 4.82. The third kappa shape index (κ3) is 4.08. The lowest BCUT2D eigenvalue weighted by atomic mass is 9.99. The smallest absolute Gasteiger partial charge is 0.325 e. The van der Waals surface area contributed by atoms with Gasteiger partial charge in [0.25, 0.3) is 0 Å². The van der Waals surface area contributed by atoms with Gasteiger partial charge in [0.05, 0.1) is 12.2 Å². The maximum absolute atomic E-state index is 11.5. The number of hydrogen-bond acceptors (Lipinski definition) is 5. The fourth-order valence-corrected chi connectivity index (χ4v) is 1.49. The lowest BCUT2D eigenvalue weighted by Gasteiger charge is -2.26. The van der Waals surface area contributed by atoms with Crippen LogP contribution in [0.2, 0.25) is 0 Å². The second-order valence-electron chi connectivity index (χ2n) is 4.82. The molecule has 0 spiro atoms. The van der Waals surface area contributed by atoms with Crippen LogP contribution in [0.4, 0.5) is 0 Å². The minimum absolute atomic E-state index is 0.353. The number of carbonyl (C=O) groups excluding carboxylic acids is 1. The summed E-state index contributed by atoms with van der Waals surface area (Å²) < 4.78 is 10.3. The van der Waals surface area contributed by atoms with E-state index in [0.29, 0.717) is 12.5 Å². The van der Waals surface area contributed by atoms with E-state index in [-0.39, 0.29) is 0 Å².